The van der Waals surface area contributed by atoms with Crippen molar-refractivity contribution < 1.29 is 31.5 Å². The van der Waals surface area contributed by atoms with Gasteiger partial charge in [0, 0.05) is 19.0 Å². The minimum Gasteiger partial charge on any atom is -0.353 e. The van der Waals surface area contributed by atoms with Crippen LogP contribution in [0.3, 0.4) is 0 Å². The van der Waals surface area contributed by atoms with Crippen LogP contribution in [0.1, 0.15) is 37.2 Å². The molecule has 1 unspecified atom stereocenters. The van der Waals surface area contributed by atoms with E-state index in [4.69, 9.17) is 17.3 Å². The summed E-state index contributed by atoms with van der Waals surface area (Å²) < 4.78 is 67.9. The molecule has 0 aromatic heterocycles. The molecule has 1 aliphatic heterocycles. The third kappa shape index (κ3) is 4.33. The number of urea groups is 1. The summed E-state index contributed by atoms with van der Waals surface area (Å²) in [6.45, 7) is 0.204. The first-order valence-corrected chi connectivity index (χ1v) is 9.94. The molecule has 30 heavy (non-hydrogen) atoms. The SMILES string of the molecule is NC(=O)N1CCNC(=O)C1[C@@H](c1ccc(F)c(Cl)c1F)C1CCC(C(F)(F)F)CC1. The number of nitrogens with two attached hydrogens (primary N) is 1. The lowest BCUT2D eigenvalue weighted by Crippen LogP contribution is -2.61. The van der Waals surface area contributed by atoms with Crippen LogP contribution in [0, 0.1) is 23.5 Å². The minimum absolute atomic E-state index is 0.0552. The molecule has 1 aromatic carbocycles. The van der Waals surface area contributed by atoms with Gasteiger partial charge in [-0.1, -0.05) is 17.7 Å². The number of rotatable bonds is 3. The van der Waals surface area contributed by atoms with E-state index in [0.29, 0.717) is 0 Å². The maximum absolute atomic E-state index is 14.9. The Hall–Kier alpha value is -2.10. The first kappa shape index (κ1) is 22.6. The van der Waals surface area contributed by atoms with Crippen LogP contribution in [0.4, 0.5) is 26.7 Å². The second-order valence-corrected chi connectivity index (χ2v) is 8.09. The first-order chi connectivity index (χ1) is 14.0. The molecule has 1 aromatic rings. The smallest absolute Gasteiger partial charge is 0.353 e. The largest absolute Gasteiger partial charge is 0.391 e. The van der Waals surface area contributed by atoms with Crippen LogP contribution in [-0.2, 0) is 4.79 Å². The number of halogens is 6. The summed E-state index contributed by atoms with van der Waals surface area (Å²) >= 11 is 5.72. The summed E-state index contributed by atoms with van der Waals surface area (Å²) in [5.74, 6) is -5.76. The molecule has 11 heteroatoms. The summed E-state index contributed by atoms with van der Waals surface area (Å²) in [6, 6.07) is -0.0834. The van der Waals surface area contributed by atoms with Crippen LogP contribution < -0.4 is 11.1 Å². The van der Waals surface area contributed by atoms with Gasteiger partial charge in [-0.25, -0.2) is 13.6 Å². The van der Waals surface area contributed by atoms with E-state index in [1.54, 1.807) is 0 Å². The van der Waals surface area contributed by atoms with E-state index in [1.807, 2.05) is 0 Å². The van der Waals surface area contributed by atoms with E-state index in [9.17, 15) is 31.5 Å². The van der Waals surface area contributed by atoms with Gasteiger partial charge in [0.15, 0.2) is 0 Å². The zero-order valence-corrected chi connectivity index (χ0v) is 16.6. The summed E-state index contributed by atoms with van der Waals surface area (Å²) in [7, 11) is 0. The predicted octanol–water partition coefficient (Wildman–Crippen LogP) is 3.95. The average molecular weight is 454 g/mol. The Morgan fingerprint density at radius 1 is 1.20 bits per heavy atom. The highest BCUT2D eigenvalue weighted by Crippen LogP contribution is 2.47. The van der Waals surface area contributed by atoms with E-state index in [2.05, 4.69) is 5.32 Å². The average Bonchev–Trinajstić information content (AvgIpc) is 2.68. The molecule has 2 atom stereocenters. The number of nitrogens with one attached hydrogen (secondary N) is 1. The van der Waals surface area contributed by atoms with Gasteiger partial charge in [-0.05, 0) is 43.2 Å². The fourth-order valence-electron chi connectivity index (χ4n) is 4.57. The number of benzene rings is 1. The monoisotopic (exact) mass is 453 g/mol. The van der Waals surface area contributed by atoms with E-state index < -0.39 is 58.6 Å². The van der Waals surface area contributed by atoms with Gasteiger partial charge in [-0.15, -0.1) is 0 Å². The lowest BCUT2D eigenvalue weighted by molar-refractivity contribution is -0.184. The standard InChI is InChI=1S/C19H21ClF5N3O2/c20-14-12(21)6-5-11(15(14)22)13(9-1-3-10(4-2-9)19(23,24)25)16-17(29)27-7-8-28(16)18(26)30/h5-6,9-10,13,16H,1-4,7-8H2,(H2,26,30)(H,27,29)/t9?,10?,13-,16?/m1/s1. The predicted molar refractivity (Wildman–Crippen MR) is 98.7 cm³/mol. The van der Waals surface area contributed by atoms with Crippen LogP contribution in [0.15, 0.2) is 12.1 Å². The lowest BCUT2D eigenvalue weighted by atomic mass is 9.70. The van der Waals surface area contributed by atoms with Gasteiger partial charge in [0.25, 0.3) is 0 Å². The molecule has 1 saturated heterocycles. The summed E-state index contributed by atoms with van der Waals surface area (Å²) in [5, 5.41) is 1.81. The van der Waals surface area contributed by atoms with Gasteiger partial charge >= 0.3 is 12.2 Å². The highest BCUT2D eigenvalue weighted by atomic mass is 35.5. The van der Waals surface area contributed by atoms with Gasteiger partial charge in [0.2, 0.25) is 5.91 Å². The maximum atomic E-state index is 14.9. The number of amides is 3. The fourth-order valence-corrected chi connectivity index (χ4v) is 4.75. The van der Waals surface area contributed by atoms with Crippen molar-refractivity contribution in [2.45, 2.75) is 43.8 Å². The Bertz CT molecular complexity index is 827. The fraction of sp³-hybridized carbons (Fsp3) is 0.579. The van der Waals surface area contributed by atoms with Crippen LogP contribution in [-0.4, -0.2) is 42.1 Å². The first-order valence-electron chi connectivity index (χ1n) is 9.56. The topological polar surface area (TPSA) is 75.4 Å². The molecule has 0 spiro atoms. The van der Waals surface area contributed by atoms with Crippen molar-refractivity contribution in [2.24, 2.45) is 17.6 Å². The Kier molecular flexibility index (Phi) is 6.45. The Morgan fingerprint density at radius 3 is 2.40 bits per heavy atom. The van der Waals surface area contributed by atoms with E-state index in [-0.39, 0.29) is 44.3 Å². The number of alkyl halides is 3. The second kappa shape index (κ2) is 8.56. The summed E-state index contributed by atoms with van der Waals surface area (Å²) in [5.41, 5.74) is 5.29. The van der Waals surface area contributed by atoms with Crippen molar-refractivity contribution in [3.8, 4) is 0 Å². The number of hydrogen-bond donors (Lipinski definition) is 2. The highest BCUT2D eigenvalue weighted by Gasteiger charge is 2.48. The third-order valence-electron chi connectivity index (χ3n) is 6.05. The van der Waals surface area contributed by atoms with Gasteiger partial charge in [-0.3, -0.25) is 4.79 Å². The number of carbonyl (C=O) groups excluding carboxylic acids is 2. The van der Waals surface area contributed by atoms with Crippen LogP contribution in [0.5, 0.6) is 0 Å². The van der Waals surface area contributed by atoms with E-state index in [0.717, 1.165) is 17.0 Å². The molecular weight excluding hydrogens is 433 g/mol. The van der Waals surface area contributed by atoms with Crippen molar-refractivity contribution in [1.82, 2.24) is 10.2 Å². The Balaban J connectivity index is 2.03. The van der Waals surface area contributed by atoms with Crippen molar-refractivity contribution in [1.29, 1.82) is 0 Å². The van der Waals surface area contributed by atoms with Crippen molar-refractivity contribution in [2.75, 3.05) is 13.1 Å². The summed E-state index contributed by atoms with van der Waals surface area (Å²) in [4.78, 5) is 25.7. The molecular formula is C19H21ClF5N3O2. The van der Waals surface area contributed by atoms with E-state index in [1.165, 1.54) is 0 Å². The molecule has 3 rings (SSSR count). The number of nitrogens with zero attached hydrogens (tertiary/aromatic N) is 1. The molecule has 3 N–H and O–H groups in total. The summed E-state index contributed by atoms with van der Waals surface area (Å²) in [6.07, 6.45) is -4.61. The number of piperazine rings is 1. The maximum Gasteiger partial charge on any atom is 0.391 e. The minimum atomic E-state index is -4.34. The molecule has 3 amide bonds. The van der Waals surface area contributed by atoms with Crippen molar-refractivity contribution >= 4 is 23.5 Å². The molecule has 0 radical (unpaired) electrons. The molecule has 1 saturated carbocycles. The van der Waals surface area contributed by atoms with Crippen LogP contribution in [0.25, 0.3) is 0 Å². The molecule has 2 aliphatic rings. The molecule has 166 valence electrons. The van der Waals surface area contributed by atoms with Gasteiger partial charge in [0.05, 0.1) is 5.92 Å². The molecule has 1 aliphatic carbocycles. The Morgan fingerprint density at radius 2 is 1.83 bits per heavy atom. The molecule has 5 nitrogen and oxygen atoms in total. The third-order valence-corrected chi connectivity index (χ3v) is 6.39. The zero-order valence-electron chi connectivity index (χ0n) is 15.8. The van der Waals surface area contributed by atoms with Gasteiger partial charge in [0.1, 0.15) is 22.7 Å². The molecule has 1 heterocycles. The quantitative estimate of drug-likeness (QED) is 0.537. The van der Waals surface area contributed by atoms with Crippen LogP contribution >= 0.6 is 11.6 Å². The van der Waals surface area contributed by atoms with Gasteiger partial charge in [-0.2, -0.15) is 13.2 Å². The lowest BCUT2D eigenvalue weighted by Gasteiger charge is -2.43. The number of primary amides is 1. The normalized spacial score (nSPS) is 26.3. The van der Waals surface area contributed by atoms with Crippen LogP contribution in [0.2, 0.25) is 5.02 Å². The van der Waals surface area contributed by atoms with E-state index >= 15 is 0 Å². The Labute approximate surface area is 174 Å². The van der Waals surface area contributed by atoms with Gasteiger partial charge < -0.3 is 16.0 Å². The zero-order chi connectivity index (χ0) is 22.2. The number of hydrogen-bond acceptors (Lipinski definition) is 2. The van der Waals surface area contributed by atoms with Crippen molar-refractivity contribution in [3.05, 3.63) is 34.4 Å². The second-order valence-electron chi connectivity index (χ2n) is 7.71. The molecule has 2 fully saturated rings. The highest BCUT2D eigenvalue weighted by molar-refractivity contribution is 6.31. The molecule has 0 bridgehead atoms. The van der Waals surface area contributed by atoms with Crippen molar-refractivity contribution in [3.63, 3.8) is 0 Å². The number of carbonyl (C=O) groups is 2.